The molecule has 0 aliphatic heterocycles. The van der Waals surface area contributed by atoms with Crippen LogP contribution in [0.3, 0.4) is 0 Å². The fourth-order valence-electron chi connectivity index (χ4n) is 4.06. The molecule has 0 saturated heterocycles. The molecule has 0 unspecified atom stereocenters. The highest BCUT2D eigenvalue weighted by Crippen LogP contribution is 2.25. The van der Waals surface area contributed by atoms with Gasteiger partial charge in [0, 0.05) is 18.1 Å². The maximum absolute atomic E-state index is 14.0. The fraction of sp³-hybridized carbons (Fsp3) is 0.310. The van der Waals surface area contributed by atoms with Crippen molar-refractivity contribution in [2.45, 2.75) is 51.1 Å². The number of halogens is 1. The standard InChI is InChI=1S/C29H34ClN3O4S/c1-4-19-31-29(35)27(5-2)32(20-23-11-9-10-14-26(23)30)28(34)21-33(24-12-7-6-8-13-24)38(36,37)25-17-15-22(3)16-18-25/h6-18,27H,4-5,19-21H2,1-3H3,(H,31,35)/t27-/m0/s1. The van der Waals surface area contributed by atoms with E-state index in [2.05, 4.69) is 5.32 Å². The number of carbonyl (C=O) groups excluding carboxylic acids is 2. The molecule has 7 nitrogen and oxygen atoms in total. The summed E-state index contributed by atoms with van der Waals surface area (Å²) in [6, 6.07) is 21.3. The molecule has 0 bridgehead atoms. The summed E-state index contributed by atoms with van der Waals surface area (Å²) in [7, 11) is -4.09. The molecule has 0 spiro atoms. The molecule has 0 heterocycles. The van der Waals surface area contributed by atoms with E-state index in [9.17, 15) is 18.0 Å². The van der Waals surface area contributed by atoms with Crippen molar-refractivity contribution in [1.29, 1.82) is 0 Å². The van der Waals surface area contributed by atoms with E-state index >= 15 is 0 Å². The van der Waals surface area contributed by atoms with E-state index in [4.69, 9.17) is 11.6 Å². The molecule has 0 radical (unpaired) electrons. The summed E-state index contributed by atoms with van der Waals surface area (Å²) in [5, 5.41) is 3.33. The van der Waals surface area contributed by atoms with Gasteiger partial charge in [0.2, 0.25) is 11.8 Å². The molecular formula is C29H34ClN3O4S. The summed E-state index contributed by atoms with van der Waals surface area (Å²) >= 11 is 6.41. The Hall–Kier alpha value is -3.36. The molecule has 1 N–H and O–H groups in total. The van der Waals surface area contributed by atoms with Gasteiger partial charge in [0.1, 0.15) is 12.6 Å². The van der Waals surface area contributed by atoms with Crippen LogP contribution in [0.5, 0.6) is 0 Å². The summed E-state index contributed by atoms with van der Waals surface area (Å²) < 4.78 is 28.7. The van der Waals surface area contributed by atoms with E-state index in [1.807, 2.05) is 20.8 Å². The normalized spacial score (nSPS) is 12.0. The third-order valence-electron chi connectivity index (χ3n) is 6.17. The Kier molecular flexibility index (Phi) is 10.3. The fourth-order valence-corrected chi connectivity index (χ4v) is 5.67. The van der Waals surface area contributed by atoms with Crippen molar-refractivity contribution in [3.8, 4) is 0 Å². The van der Waals surface area contributed by atoms with Gasteiger partial charge < -0.3 is 10.2 Å². The van der Waals surface area contributed by atoms with Crippen molar-refractivity contribution < 1.29 is 18.0 Å². The van der Waals surface area contributed by atoms with Gasteiger partial charge in [-0.15, -0.1) is 0 Å². The maximum atomic E-state index is 14.0. The maximum Gasteiger partial charge on any atom is 0.264 e. The zero-order chi connectivity index (χ0) is 27.7. The minimum atomic E-state index is -4.09. The molecule has 0 aliphatic rings. The Bertz CT molecular complexity index is 1330. The van der Waals surface area contributed by atoms with E-state index in [1.54, 1.807) is 66.7 Å². The predicted octanol–water partition coefficient (Wildman–Crippen LogP) is 5.18. The van der Waals surface area contributed by atoms with E-state index in [1.165, 1.54) is 17.0 Å². The molecular weight excluding hydrogens is 522 g/mol. The zero-order valence-corrected chi connectivity index (χ0v) is 23.5. The highest BCUT2D eigenvalue weighted by Gasteiger charge is 2.33. The number of nitrogens with zero attached hydrogens (tertiary/aromatic N) is 2. The molecule has 0 fully saturated rings. The second kappa shape index (κ2) is 13.4. The van der Waals surface area contributed by atoms with Crippen LogP contribution in [0.1, 0.15) is 37.8 Å². The van der Waals surface area contributed by atoms with Gasteiger partial charge >= 0.3 is 0 Å². The topological polar surface area (TPSA) is 86.8 Å². The average molecular weight is 556 g/mol. The number of amides is 2. The molecule has 0 aromatic heterocycles. The van der Waals surface area contributed by atoms with E-state index in [0.717, 1.165) is 16.3 Å². The molecule has 2 amide bonds. The van der Waals surface area contributed by atoms with Gasteiger partial charge in [-0.1, -0.05) is 79.5 Å². The minimum Gasteiger partial charge on any atom is -0.354 e. The van der Waals surface area contributed by atoms with Crippen LogP contribution < -0.4 is 9.62 Å². The van der Waals surface area contributed by atoms with Gasteiger partial charge in [-0.05, 0) is 55.7 Å². The smallest absolute Gasteiger partial charge is 0.264 e. The average Bonchev–Trinajstić information content (AvgIpc) is 2.92. The predicted molar refractivity (Wildman–Crippen MR) is 152 cm³/mol. The van der Waals surface area contributed by atoms with Crippen LogP contribution in [0.25, 0.3) is 0 Å². The summed E-state index contributed by atoms with van der Waals surface area (Å²) in [5.74, 6) is -0.801. The largest absolute Gasteiger partial charge is 0.354 e. The lowest BCUT2D eigenvalue weighted by Crippen LogP contribution is -2.52. The first-order valence-electron chi connectivity index (χ1n) is 12.6. The van der Waals surface area contributed by atoms with Gasteiger partial charge in [-0.2, -0.15) is 0 Å². The number of carbonyl (C=O) groups is 2. The van der Waals surface area contributed by atoms with Crippen molar-refractivity contribution in [3.05, 3.63) is 95.0 Å². The van der Waals surface area contributed by atoms with E-state index in [-0.39, 0.29) is 17.3 Å². The quantitative estimate of drug-likeness (QED) is 0.334. The summed E-state index contributed by atoms with van der Waals surface area (Å²) in [4.78, 5) is 28.5. The van der Waals surface area contributed by atoms with Crippen molar-refractivity contribution in [1.82, 2.24) is 10.2 Å². The van der Waals surface area contributed by atoms with Gasteiger partial charge in [0.25, 0.3) is 10.0 Å². The zero-order valence-electron chi connectivity index (χ0n) is 21.9. The summed E-state index contributed by atoms with van der Waals surface area (Å²) in [5.41, 5.74) is 1.93. The molecule has 38 heavy (non-hydrogen) atoms. The van der Waals surface area contributed by atoms with Crippen molar-refractivity contribution in [2.75, 3.05) is 17.4 Å². The van der Waals surface area contributed by atoms with Crippen LogP contribution in [0.15, 0.2) is 83.8 Å². The summed E-state index contributed by atoms with van der Waals surface area (Å²) in [6.07, 6.45) is 1.10. The lowest BCUT2D eigenvalue weighted by molar-refractivity contribution is -0.140. The molecule has 0 aliphatic carbocycles. The lowest BCUT2D eigenvalue weighted by Gasteiger charge is -2.33. The van der Waals surface area contributed by atoms with Crippen LogP contribution in [-0.4, -0.2) is 44.3 Å². The minimum absolute atomic E-state index is 0.0593. The van der Waals surface area contributed by atoms with Crippen molar-refractivity contribution >= 4 is 39.1 Å². The van der Waals surface area contributed by atoms with Crippen LogP contribution in [0.2, 0.25) is 5.02 Å². The van der Waals surface area contributed by atoms with Gasteiger partial charge in [-0.25, -0.2) is 8.42 Å². The van der Waals surface area contributed by atoms with E-state index < -0.39 is 28.5 Å². The van der Waals surface area contributed by atoms with Gasteiger partial charge in [-0.3, -0.25) is 13.9 Å². The highest BCUT2D eigenvalue weighted by atomic mass is 35.5. The number of benzene rings is 3. The molecule has 1 atom stereocenters. The molecule has 3 aromatic rings. The number of nitrogens with one attached hydrogen (secondary N) is 1. The number of para-hydroxylation sites is 1. The van der Waals surface area contributed by atoms with E-state index in [0.29, 0.717) is 29.2 Å². The number of rotatable bonds is 12. The SMILES string of the molecule is CCCNC(=O)[C@H](CC)N(Cc1ccccc1Cl)C(=O)CN(c1ccccc1)S(=O)(=O)c1ccc(C)cc1. The number of anilines is 1. The Balaban J connectivity index is 2.03. The summed E-state index contributed by atoms with van der Waals surface area (Å²) in [6.45, 7) is 5.69. The lowest BCUT2D eigenvalue weighted by atomic mass is 10.1. The molecule has 202 valence electrons. The first-order chi connectivity index (χ1) is 18.2. The third kappa shape index (κ3) is 7.14. The number of hydrogen-bond acceptors (Lipinski definition) is 4. The highest BCUT2D eigenvalue weighted by molar-refractivity contribution is 7.92. The van der Waals surface area contributed by atoms with Crippen molar-refractivity contribution in [3.63, 3.8) is 0 Å². The third-order valence-corrected chi connectivity index (χ3v) is 8.32. The van der Waals surface area contributed by atoms with Crippen LogP contribution in [0, 0.1) is 6.92 Å². The first kappa shape index (κ1) is 29.2. The van der Waals surface area contributed by atoms with Crippen molar-refractivity contribution in [2.24, 2.45) is 0 Å². The van der Waals surface area contributed by atoms with Gasteiger partial charge in [0.15, 0.2) is 0 Å². The Labute approximate surface area is 230 Å². The first-order valence-corrected chi connectivity index (χ1v) is 14.5. The van der Waals surface area contributed by atoms with Gasteiger partial charge in [0.05, 0.1) is 10.6 Å². The number of aryl methyl sites for hydroxylation is 1. The van der Waals surface area contributed by atoms with Crippen LogP contribution in [-0.2, 0) is 26.2 Å². The molecule has 9 heteroatoms. The number of sulfonamides is 1. The monoisotopic (exact) mass is 555 g/mol. The second-order valence-electron chi connectivity index (χ2n) is 8.99. The Morgan fingerprint density at radius 1 is 0.921 bits per heavy atom. The Morgan fingerprint density at radius 2 is 1.55 bits per heavy atom. The molecule has 3 aromatic carbocycles. The number of hydrogen-bond donors (Lipinski definition) is 1. The Morgan fingerprint density at radius 3 is 2.16 bits per heavy atom. The molecule has 0 saturated carbocycles. The van der Waals surface area contributed by atoms with Crippen LogP contribution >= 0.6 is 11.6 Å². The second-order valence-corrected chi connectivity index (χ2v) is 11.3. The van der Waals surface area contributed by atoms with Crippen LogP contribution in [0.4, 0.5) is 5.69 Å². The molecule has 3 rings (SSSR count).